The molecule has 0 atom stereocenters. The molecular formula is C11H11IO3. The Balaban J connectivity index is 2.26. The van der Waals surface area contributed by atoms with Crippen molar-refractivity contribution in [2.45, 2.75) is 19.3 Å². The summed E-state index contributed by atoms with van der Waals surface area (Å²) in [5, 5.41) is 19.0. The lowest BCUT2D eigenvalue weighted by molar-refractivity contribution is 0.0973. The summed E-state index contributed by atoms with van der Waals surface area (Å²) in [5.74, 6) is 0.383. The summed E-state index contributed by atoms with van der Waals surface area (Å²) in [4.78, 5) is 11.7. The highest BCUT2D eigenvalue weighted by molar-refractivity contribution is 14.1. The van der Waals surface area contributed by atoms with E-state index in [2.05, 4.69) is 0 Å². The number of benzene rings is 1. The largest absolute Gasteiger partial charge is 0.507 e. The lowest BCUT2D eigenvalue weighted by Gasteiger charge is -2.06. The normalized spacial score (nSPS) is 15.3. The van der Waals surface area contributed by atoms with Crippen LogP contribution < -0.4 is 0 Å². The Labute approximate surface area is 101 Å². The number of halogens is 1. The van der Waals surface area contributed by atoms with Crippen LogP contribution in [0.1, 0.15) is 29.6 Å². The molecule has 15 heavy (non-hydrogen) atoms. The zero-order chi connectivity index (χ0) is 11.0. The summed E-state index contributed by atoms with van der Waals surface area (Å²) in [6, 6.07) is 2.93. The Kier molecular flexibility index (Phi) is 2.86. The minimum atomic E-state index is -0.0961. The average molecular weight is 318 g/mol. The van der Waals surface area contributed by atoms with Crippen LogP contribution in [0.2, 0.25) is 0 Å². The Morgan fingerprint density at radius 2 is 2.07 bits per heavy atom. The fraction of sp³-hybridized carbons (Fsp3) is 0.364. The summed E-state index contributed by atoms with van der Waals surface area (Å²) in [6.45, 7) is 0. The van der Waals surface area contributed by atoms with Gasteiger partial charge in [-0.15, -0.1) is 0 Å². The van der Waals surface area contributed by atoms with Crippen LogP contribution in [0.3, 0.4) is 0 Å². The van der Waals surface area contributed by atoms with E-state index >= 15 is 0 Å². The molecule has 1 aromatic carbocycles. The smallest absolute Gasteiger partial charge is 0.166 e. The van der Waals surface area contributed by atoms with Gasteiger partial charge in [-0.1, -0.05) is 0 Å². The molecule has 0 spiro atoms. The number of hydrogen-bond donors (Lipinski definition) is 2. The molecule has 0 aromatic heterocycles. The molecule has 1 aliphatic carbocycles. The fourth-order valence-corrected chi connectivity index (χ4v) is 1.94. The molecule has 4 heteroatoms. The summed E-state index contributed by atoms with van der Waals surface area (Å²) in [5.41, 5.74) is 0.323. The van der Waals surface area contributed by atoms with Gasteiger partial charge in [-0.3, -0.25) is 4.79 Å². The molecule has 2 N–H and O–H groups in total. The van der Waals surface area contributed by atoms with Crippen molar-refractivity contribution in [2.75, 3.05) is 0 Å². The monoisotopic (exact) mass is 318 g/mol. The molecule has 0 radical (unpaired) electrons. The van der Waals surface area contributed by atoms with E-state index in [1.807, 2.05) is 22.6 Å². The van der Waals surface area contributed by atoms with Crippen molar-refractivity contribution in [1.82, 2.24) is 0 Å². The summed E-state index contributed by atoms with van der Waals surface area (Å²) in [7, 11) is 0. The van der Waals surface area contributed by atoms with Gasteiger partial charge in [0.2, 0.25) is 0 Å². The van der Waals surface area contributed by atoms with Crippen molar-refractivity contribution >= 4 is 28.4 Å². The van der Waals surface area contributed by atoms with E-state index in [-0.39, 0.29) is 17.3 Å². The number of Topliss-reactive ketones (excluding diaryl/α,β-unsaturated/α-hetero) is 1. The van der Waals surface area contributed by atoms with Crippen LogP contribution >= 0.6 is 22.6 Å². The van der Waals surface area contributed by atoms with Crippen LogP contribution in [0.5, 0.6) is 11.5 Å². The lowest BCUT2D eigenvalue weighted by Crippen LogP contribution is -2.01. The molecule has 1 saturated carbocycles. The number of phenolic OH excluding ortho intramolecular Hbond substituents is 2. The van der Waals surface area contributed by atoms with E-state index in [1.165, 1.54) is 12.1 Å². The van der Waals surface area contributed by atoms with Gasteiger partial charge in [0.15, 0.2) is 5.78 Å². The number of hydrogen-bond acceptors (Lipinski definition) is 3. The Bertz CT molecular complexity index is 411. The van der Waals surface area contributed by atoms with Gasteiger partial charge in [0.1, 0.15) is 11.5 Å². The first-order valence-corrected chi connectivity index (χ1v) is 5.91. The molecule has 1 aliphatic rings. The maximum Gasteiger partial charge on any atom is 0.166 e. The second-order valence-electron chi connectivity index (χ2n) is 3.87. The van der Waals surface area contributed by atoms with Crippen molar-refractivity contribution in [1.29, 1.82) is 0 Å². The van der Waals surface area contributed by atoms with E-state index in [9.17, 15) is 15.0 Å². The molecule has 0 heterocycles. The highest BCUT2D eigenvalue weighted by Gasteiger charge is 2.26. The molecule has 3 nitrogen and oxygen atoms in total. The molecule has 0 unspecified atom stereocenters. The zero-order valence-corrected chi connectivity index (χ0v) is 10.2. The SMILES string of the molecule is O=C(CC1CC1)c1ccc(O)c(I)c1O. The van der Waals surface area contributed by atoms with Gasteiger partial charge in [-0.25, -0.2) is 0 Å². The van der Waals surface area contributed by atoms with Crippen molar-refractivity contribution in [3.63, 3.8) is 0 Å². The second kappa shape index (κ2) is 4.00. The van der Waals surface area contributed by atoms with E-state index in [0.717, 1.165) is 12.8 Å². The van der Waals surface area contributed by atoms with Gasteiger partial charge in [0.25, 0.3) is 0 Å². The first kappa shape index (κ1) is 10.7. The van der Waals surface area contributed by atoms with Gasteiger partial charge < -0.3 is 10.2 Å². The molecule has 0 bridgehead atoms. The fourth-order valence-electron chi connectivity index (χ4n) is 1.47. The Morgan fingerprint density at radius 3 is 2.67 bits per heavy atom. The molecule has 80 valence electrons. The van der Waals surface area contributed by atoms with Gasteiger partial charge in [-0.2, -0.15) is 0 Å². The van der Waals surface area contributed by atoms with Crippen LogP contribution in [0, 0.1) is 9.49 Å². The highest BCUT2D eigenvalue weighted by Crippen LogP contribution is 2.37. The molecule has 0 amide bonds. The number of phenols is 2. The van der Waals surface area contributed by atoms with E-state index in [1.54, 1.807) is 0 Å². The predicted octanol–water partition coefficient (Wildman–Crippen LogP) is 2.69. The van der Waals surface area contributed by atoms with Gasteiger partial charge in [0.05, 0.1) is 9.13 Å². The van der Waals surface area contributed by atoms with Crippen molar-refractivity contribution in [3.8, 4) is 11.5 Å². The topological polar surface area (TPSA) is 57.5 Å². The number of carbonyl (C=O) groups excluding carboxylic acids is 1. The molecular weight excluding hydrogens is 307 g/mol. The van der Waals surface area contributed by atoms with E-state index in [0.29, 0.717) is 21.5 Å². The first-order chi connectivity index (χ1) is 7.09. The van der Waals surface area contributed by atoms with Crippen molar-refractivity contribution in [2.24, 2.45) is 5.92 Å². The average Bonchev–Trinajstić information content (AvgIpc) is 2.98. The van der Waals surface area contributed by atoms with Crippen molar-refractivity contribution in [3.05, 3.63) is 21.3 Å². The molecule has 1 fully saturated rings. The number of aromatic hydroxyl groups is 2. The second-order valence-corrected chi connectivity index (χ2v) is 4.94. The molecule has 2 rings (SSSR count). The Hall–Kier alpha value is -0.780. The quantitative estimate of drug-likeness (QED) is 0.665. The summed E-state index contributed by atoms with van der Waals surface area (Å²) < 4.78 is 0.342. The third-order valence-corrected chi connectivity index (χ3v) is 3.63. The third-order valence-electron chi connectivity index (χ3n) is 2.57. The number of ketones is 1. The van der Waals surface area contributed by atoms with Crippen LogP contribution in [-0.2, 0) is 0 Å². The lowest BCUT2D eigenvalue weighted by atomic mass is 10.0. The van der Waals surface area contributed by atoms with Crippen molar-refractivity contribution < 1.29 is 15.0 Å². The van der Waals surface area contributed by atoms with Gasteiger partial charge >= 0.3 is 0 Å². The summed E-state index contributed by atoms with van der Waals surface area (Å²) >= 11 is 1.82. The molecule has 0 aliphatic heterocycles. The standard InChI is InChI=1S/C11H11IO3/c12-10-8(13)4-3-7(11(10)15)9(14)5-6-1-2-6/h3-4,6,13,15H,1-2,5H2. The maximum atomic E-state index is 11.7. The first-order valence-electron chi connectivity index (χ1n) is 4.83. The van der Waals surface area contributed by atoms with E-state index < -0.39 is 0 Å². The molecule has 1 aromatic rings. The van der Waals surface area contributed by atoms with Crippen LogP contribution in [-0.4, -0.2) is 16.0 Å². The minimum absolute atomic E-state index is 0.0103. The van der Waals surface area contributed by atoms with Gasteiger partial charge in [0, 0.05) is 6.42 Å². The minimum Gasteiger partial charge on any atom is -0.507 e. The third kappa shape index (κ3) is 2.25. The Morgan fingerprint density at radius 1 is 1.40 bits per heavy atom. The predicted molar refractivity (Wildman–Crippen MR) is 64.2 cm³/mol. The zero-order valence-electron chi connectivity index (χ0n) is 8.03. The van der Waals surface area contributed by atoms with Crippen LogP contribution in [0.25, 0.3) is 0 Å². The molecule has 0 saturated heterocycles. The summed E-state index contributed by atoms with van der Waals surface area (Å²) in [6.07, 6.45) is 2.73. The van der Waals surface area contributed by atoms with Gasteiger partial charge in [-0.05, 0) is 53.5 Å². The van der Waals surface area contributed by atoms with Crippen LogP contribution in [0.15, 0.2) is 12.1 Å². The highest BCUT2D eigenvalue weighted by atomic mass is 127. The number of carbonyl (C=O) groups is 1. The van der Waals surface area contributed by atoms with Crippen LogP contribution in [0.4, 0.5) is 0 Å². The maximum absolute atomic E-state index is 11.7. The number of rotatable bonds is 3. The van der Waals surface area contributed by atoms with E-state index in [4.69, 9.17) is 0 Å².